The molecule has 2 aromatic carbocycles. The fourth-order valence-electron chi connectivity index (χ4n) is 2.14. The Balaban J connectivity index is 2.29. The smallest absolute Gasteiger partial charge is 0.311 e. The molecule has 0 aliphatic heterocycles. The average Bonchev–Trinajstić information content (AvgIpc) is 2.44. The SMILES string of the molecule is COc1ccc(CC(C(=O)O)c2cccc(Cl)c2)cc1Br. The first kappa shape index (κ1) is 15.9. The highest BCUT2D eigenvalue weighted by atomic mass is 79.9. The second-order valence-corrected chi connectivity index (χ2v) is 5.91. The zero-order valence-corrected chi connectivity index (χ0v) is 13.7. The van der Waals surface area contributed by atoms with Crippen LogP contribution in [0.1, 0.15) is 17.0 Å². The van der Waals surface area contributed by atoms with Gasteiger partial charge in [-0.2, -0.15) is 0 Å². The Morgan fingerprint density at radius 1 is 1.33 bits per heavy atom. The van der Waals surface area contributed by atoms with E-state index in [1.807, 2.05) is 18.2 Å². The van der Waals surface area contributed by atoms with Crippen LogP contribution in [0.4, 0.5) is 0 Å². The molecule has 0 aliphatic rings. The number of rotatable bonds is 5. The molecule has 0 amide bonds. The van der Waals surface area contributed by atoms with E-state index < -0.39 is 11.9 Å². The van der Waals surface area contributed by atoms with Gasteiger partial charge in [-0.1, -0.05) is 29.8 Å². The lowest BCUT2D eigenvalue weighted by Gasteiger charge is -2.14. The van der Waals surface area contributed by atoms with Crippen molar-refractivity contribution in [1.82, 2.24) is 0 Å². The molecular formula is C16H14BrClO3. The maximum Gasteiger partial charge on any atom is 0.311 e. The Bertz CT molecular complexity index is 658. The third-order valence-electron chi connectivity index (χ3n) is 3.21. The number of carbonyl (C=O) groups is 1. The molecule has 1 N–H and O–H groups in total. The van der Waals surface area contributed by atoms with Crippen LogP contribution in [0.25, 0.3) is 0 Å². The number of aliphatic carboxylic acids is 1. The number of hydrogen-bond acceptors (Lipinski definition) is 2. The van der Waals surface area contributed by atoms with Gasteiger partial charge in [0.15, 0.2) is 0 Å². The Labute approximate surface area is 136 Å². The topological polar surface area (TPSA) is 46.5 Å². The van der Waals surface area contributed by atoms with Crippen molar-refractivity contribution in [2.75, 3.05) is 7.11 Å². The second kappa shape index (κ2) is 6.96. The van der Waals surface area contributed by atoms with Gasteiger partial charge in [0.1, 0.15) is 5.75 Å². The summed E-state index contributed by atoms with van der Waals surface area (Å²) in [6, 6.07) is 12.5. The van der Waals surface area contributed by atoms with Crippen molar-refractivity contribution in [2.45, 2.75) is 12.3 Å². The highest BCUT2D eigenvalue weighted by Gasteiger charge is 2.21. The predicted octanol–water partition coefficient (Wildman–Crippen LogP) is 4.52. The van der Waals surface area contributed by atoms with Gasteiger partial charge in [0.2, 0.25) is 0 Å². The number of carboxylic acids is 1. The zero-order chi connectivity index (χ0) is 15.4. The molecule has 0 heterocycles. The van der Waals surface area contributed by atoms with Crippen molar-refractivity contribution in [3.63, 3.8) is 0 Å². The molecule has 0 radical (unpaired) electrons. The van der Waals surface area contributed by atoms with Crippen molar-refractivity contribution < 1.29 is 14.6 Å². The molecule has 1 atom stereocenters. The number of ether oxygens (including phenoxy) is 1. The Hall–Kier alpha value is -1.52. The number of methoxy groups -OCH3 is 1. The molecule has 2 aromatic rings. The summed E-state index contributed by atoms with van der Waals surface area (Å²) in [5.41, 5.74) is 1.61. The van der Waals surface area contributed by atoms with Crippen molar-refractivity contribution >= 4 is 33.5 Å². The van der Waals surface area contributed by atoms with Gasteiger partial charge in [0.25, 0.3) is 0 Å². The number of benzene rings is 2. The standard InChI is InChI=1S/C16H14BrClO3/c1-21-15-6-5-10(8-14(15)17)7-13(16(19)20)11-3-2-4-12(18)9-11/h2-6,8-9,13H,7H2,1H3,(H,19,20). The van der Waals surface area contributed by atoms with Gasteiger partial charge in [0.05, 0.1) is 17.5 Å². The van der Waals surface area contributed by atoms with Gasteiger partial charge in [-0.05, 0) is 57.7 Å². The van der Waals surface area contributed by atoms with E-state index in [1.54, 1.807) is 31.4 Å². The Morgan fingerprint density at radius 3 is 2.67 bits per heavy atom. The highest BCUT2D eigenvalue weighted by molar-refractivity contribution is 9.10. The van der Waals surface area contributed by atoms with E-state index in [0.29, 0.717) is 22.8 Å². The minimum atomic E-state index is -0.871. The van der Waals surface area contributed by atoms with Crippen molar-refractivity contribution in [1.29, 1.82) is 0 Å². The molecule has 2 rings (SSSR count). The quantitative estimate of drug-likeness (QED) is 0.843. The molecule has 0 aliphatic carbocycles. The second-order valence-electron chi connectivity index (χ2n) is 4.62. The summed E-state index contributed by atoms with van der Waals surface area (Å²) >= 11 is 9.35. The summed E-state index contributed by atoms with van der Waals surface area (Å²) in [6.07, 6.45) is 0.387. The Kier molecular flexibility index (Phi) is 5.26. The monoisotopic (exact) mass is 368 g/mol. The largest absolute Gasteiger partial charge is 0.496 e. The maximum absolute atomic E-state index is 11.5. The number of halogens is 2. The maximum atomic E-state index is 11.5. The molecule has 0 fully saturated rings. The summed E-state index contributed by atoms with van der Waals surface area (Å²) in [5.74, 6) is -0.790. The summed E-state index contributed by atoms with van der Waals surface area (Å²) in [7, 11) is 1.59. The molecule has 5 heteroatoms. The molecule has 21 heavy (non-hydrogen) atoms. The fraction of sp³-hybridized carbons (Fsp3) is 0.188. The third kappa shape index (κ3) is 3.99. The van der Waals surface area contributed by atoms with E-state index in [9.17, 15) is 9.90 Å². The van der Waals surface area contributed by atoms with E-state index in [1.165, 1.54) is 0 Å². The summed E-state index contributed by atoms with van der Waals surface area (Å²) in [5, 5.41) is 10.0. The molecule has 0 aromatic heterocycles. The zero-order valence-electron chi connectivity index (χ0n) is 11.3. The van der Waals surface area contributed by atoms with Crippen LogP contribution in [-0.2, 0) is 11.2 Å². The lowest BCUT2D eigenvalue weighted by molar-refractivity contribution is -0.138. The average molecular weight is 370 g/mol. The third-order valence-corrected chi connectivity index (χ3v) is 4.06. The summed E-state index contributed by atoms with van der Waals surface area (Å²) in [6.45, 7) is 0. The molecule has 1 unspecified atom stereocenters. The molecule has 0 bridgehead atoms. The Morgan fingerprint density at radius 2 is 2.10 bits per heavy atom. The normalized spacial score (nSPS) is 12.0. The predicted molar refractivity (Wildman–Crippen MR) is 86.2 cm³/mol. The minimum Gasteiger partial charge on any atom is -0.496 e. The fourth-order valence-corrected chi connectivity index (χ4v) is 2.93. The lowest BCUT2D eigenvalue weighted by Crippen LogP contribution is -2.14. The first-order chi connectivity index (χ1) is 10.0. The van der Waals surface area contributed by atoms with Gasteiger partial charge in [-0.3, -0.25) is 4.79 Å². The molecular weight excluding hydrogens is 356 g/mol. The van der Waals surface area contributed by atoms with Crippen LogP contribution < -0.4 is 4.74 Å². The van der Waals surface area contributed by atoms with Crippen LogP contribution in [0.3, 0.4) is 0 Å². The van der Waals surface area contributed by atoms with E-state index in [2.05, 4.69) is 15.9 Å². The van der Waals surface area contributed by atoms with Gasteiger partial charge in [-0.25, -0.2) is 0 Å². The van der Waals surface area contributed by atoms with Crippen LogP contribution in [0.2, 0.25) is 5.02 Å². The van der Waals surface area contributed by atoms with E-state index in [4.69, 9.17) is 16.3 Å². The lowest BCUT2D eigenvalue weighted by atomic mass is 9.92. The molecule has 110 valence electrons. The molecule has 3 nitrogen and oxygen atoms in total. The first-order valence-electron chi connectivity index (χ1n) is 6.32. The van der Waals surface area contributed by atoms with Gasteiger partial charge < -0.3 is 9.84 Å². The van der Waals surface area contributed by atoms with Crippen LogP contribution in [0, 0.1) is 0 Å². The van der Waals surface area contributed by atoms with Crippen LogP contribution in [0.5, 0.6) is 5.75 Å². The highest BCUT2D eigenvalue weighted by Crippen LogP contribution is 2.29. The number of hydrogen-bond donors (Lipinski definition) is 1. The molecule has 0 saturated heterocycles. The van der Waals surface area contributed by atoms with Gasteiger partial charge in [0, 0.05) is 5.02 Å². The van der Waals surface area contributed by atoms with Crippen LogP contribution in [0.15, 0.2) is 46.9 Å². The van der Waals surface area contributed by atoms with Crippen molar-refractivity contribution in [3.05, 3.63) is 63.1 Å². The van der Waals surface area contributed by atoms with E-state index >= 15 is 0 Å². The summed E-state index contributed by atoms with van der Waals surface area (Å²) < 4.78 is 5.98. The molecule has 0 spiro atoms. The van der Waals surface area contributed by atoms with Crippen LogP contribution >= 0.6 is 27.5 Å². The number of carboxylic acid groups (broad SMARTS) is 1. The van der Waals surface area contributed by atoms with Gasteiger partial charge in [-0.15, -0.1) is 0 Å². The molecule has 0 saturated carbocycles. The van der Waals surface area contributed by atoms with E-state index in [0.717, 1.165) is 10.0 Å². The van der Waals surface area contributed by atoms with Crippen molar-refractivity contribution in [3.8, 4) is 5.75 Å². The first-order valence-corrected chi connectivity index (χ1v) is 7.49. The minimum absolute atomic E-state index is 0.387. The van der Waals surface area contributed by atoms with E-state index in [-0.39, 0.29) is 0 Å². The summed E-state index contributed by atoms with van der Waals surface area (Å²) in [4.78, 5) is 11.5. The van der Waals surface area contributed by atoms with Gasteiger partial charge >= 0.3 is 5.97 Å². The van der Waals surface area contributed by atoms with Crippen molar-refractivity contribution in [2.24, 2.45) is 0 Å². The van der Waals surface area contributed by atoms with Crippen LogP contribution in [-0.4, -0.2) is 18.2 Å².